The summed E-state index contributed by atoms with van der Waals surface area (Å²) in [6.45, 7) is 1.46. The summed E-state index contributed by atoms with van der Waals surface area (Å²) in [6.07, 6.45) is 7.49. The SMILES string of the molecule is O=C(c1ccccc1Oc1cccc(Br)c1)N1CCC(n2ccnc2)CC1. The third kappa shape index (κ3) is 4.06. The second-order valence-corrected chi connectivity index (χ2v) is 7.50. The number of carbonyl (C=O) groups is 1. The summed E-state index contributed by atoms with van der Waals surface area (Å²) >= 11 is 3.45. The highest BCUT2D eigenvalue weighted by Crippen LogP contribution is 2.30. The normalized spacial score (nSPS) is 14.9. The van der Waals surface area contributed by atoms with E-state index in [9.17, 15) is 4.79 Å². The number of aromatic nitrogens is 2. The Kier molecular flexibility index (Phi) is 5.25. The highest BCUT2D eigenvalue weighted by Gasteiger charge is 2.26. The summed E-state index contributed by atoms with van der Waals surface area (Å²) in [5, 5.41) is 0. The molecule has 5 nitrogen and oxygen atoms in total. The molecular formula is C21H20BrN3O2. The van der Waals surface area contributed by atoms with E-state index in [1.54, 1.807) is 6.20 Å². The maximum atomic E-state index is 13.1. The lowest BCUT2D eigenvalue weighted by Gasteiger charge is -2.32. The minimum Gasteiger partial charge on any atom is -0.456 e. The molecule has 1 aromatic heterocycles. The number of likely N-dealkylation sites (tertiary alicyclic amines) is 1. The summed E-state index contributed by atoms with van der Waals surface area (Å²) in [4.78, 5) is 19.1. The van der Waals surface area contributed by atoms with E-state index in [1.807, 2.05) is 66.0 Å². The van der Waals surface area contributed by atoms with E-state index in [0.29, 0.717) is 23.1 Å². The second-order valence-electron chi connectivity index (χ2n) is 6.59. The zero-order chi connectivity index (χ0) is 18.6. The number of nitrogens with zero attached hydrogens (tertiary/aromatic N) is 3. The van der Waals surface area contributed by atoms with Crippen molar-refractivity contribution in [1.82, 2.24) is 14.5 Å². The Labute approximate surface area is 166 Å². The third-order valence-corrected chi connectivity index (χ3v) is 5.33. The Morgan fingerprint density at radius 1 is 1.11 bits per heavy atom. The molecule has 1 aliphatic rings. The van der Waals surface area contributed by atoms with Gasteiger partial charge in [-0.25, -0.2) is 4.98 Å². The van der Waals surface area contributed by atoms with Gasteiger partial charge in [0, 0.05) is 36.0 Å². The third-order valence-electron chi connectivity index (χ3n) is 4.84. The minimum absolute atomic E-state index is 0.0182. The van der Waals surface area contributed by atoms with Crippen molar-refractivity contribution < 1.29 is 9.53 Å². The monoisotopic (exact) mass is 425 g/mol. The Hall–Kier alpha value is -2.60. The minimum atomic E-state index is 0.0182. The van der Waals surface area contributed by atoms with Crippen LogP contribution in [0.2, 0.25) is 0 Å². The highest BCUT2D eigenvalue weighted by atomic mass is 79.9. The first-order valence-electron chi connectivity index (χ1n) is 9.00. The molecule has 4 rings (SSSR count). The molecule has 0 N–H and O–H groups in total. The van der Waals surface area contributed by atoms with E-state index in [1.165, 1.54) is 0 Å². The van der Waals surface area contributed by atoms with Crippen molar-refractivity contribution in [3.63, 3.8) is 0 Å². The Bertz CT molecular complexity index is 919. The number of hydrogen-bond acceptors (Lipinski definition) is 3. The fraction of sp³-hybridized carbons (Fsp3) is 0.238. The topological polar surface area (TPSA) is 47.4 Å². The molecule has 0 atom stereocenters. The van der Waals surface area contributed by atoms with Gasteiger partial charge in [-0.05, 0) is 43.2 Å². The van der Waals surface area contributed by atoms with Crippen LogP contribution in [0.5, 0.6) is 11.5 Å². The van der Waals surface area contributed by atoms with Crippen LogP contribution in [0.3, 0.4) is 0 Å². The van der Waals surface area contributed by atoms with E-state index in [2.05, 4.69) is 25.5 Å². The van der Waals surface area contributed by atoms with Crippen LogP contribution in [0.15, 0.2) is 71.7 Å². The maximum absolute atomic E-state index is 13.1. The van der Waals surface area contributed by atoms with Gasteiger partial charge < -0.3 is 14.2 Å². The van der Waals surface area contributed by atoms with Gasteiger partial charge in [-0.1, -0.05) is 34.1 Å². The summed E-state index contributed by atoms with van der Waals surface area (Å²) in [6, 6.07) is 15.4. The van der Waals surface area contributed by atoms with Gasteiger partial charge in [0.25, 0.3) is 5.91 Å². The Morgan fingerprint density at radius 3 is 2.67 bits per heavy atom. The number of piperidine rings is 1. The van der Waals surface area contributed by atoms with E-state index >= 15 is 0 Å². The molecular weight excluding hydrogens is 406 g/mol. The molecule has 2 aromatic carbocycles. The fourth-order valence-electron chi connectivity index (χ4n) is 3.41. The number of hydrogen-bond donors (Lipinski definition) is 0. The zero-order valence-corrected chi connectivity index (χ0v) is 16.4. The van der Waals surface area contributed by atoms with Crippen molar-refractivity contribution in [2.24, 2.45) is 0 Å². The van der Waals surface area contributed by atoms with Crippen molar-refractivity contribution in [2.45, 2.75) is 18.9 Å². The first-order chi connectivity index (χ1) is 13.2. The molecule has 1 aliphatic heterocycles. The molecule has 1 fully saturated rings. The summed E-state index contributed by atoms with van der Waals surface area (Å²) in [5.41, 5.74) is 0.596. The van der Waals surface area contributed by atoms with Crippen LogP contribution in [-0.4, -0.2) is 33.4 Å². The molecule has 1 saturated heterocycles. The number of carbonyl (C=O) groups excluding carboxylic acids is 1. The molecule has 0 radical (unpaired) electrons. The summed E-state index contributed by atoms with van der Waals surface area (Å²) < 4.78 is 9.06. The number of ether oxygens (including phenoxy) is 1. The van der Waals surface area contributed by atoms with Crippen molar-refractivity contribution in [2.75, 3.05) is 13.1 Å². The van der Waals surface area contributed by atoms with E-state index in [4.69, 9.17) is 4.74 Å². The Balaban J connectivity index is 1.48. The number of halogens is 1. The van der Waals surface area contributed by atoms with Crippen molar-refractivity contribution >= 4 is 21.8 Å². The number of imidazole rings is 1. The average Bonchev–Trinajstić information content (AvgIpc) is 3.23. The first kappa shape index (κ1) is 17.8. The molecule has 2 heterocycles. The molecule has 27 heavy (non-hydrogen) atoms. The Morgan fingerprint density at radius 2 is 1.93 bits per heavy atom. The van der Waals surface area contributed by atoms with Crippen LogP contribution >= 0.6 is 15.9 Å². The quantitative estimate of drug-likeness (QED) is 0.596. The highest BCUT2D eigenvalue weighted by molar-refractivity contribution is 9.10. The summed E-state index contributed by atoms with van der Waals surface area (Å²) in [7, 11) is 0. The first-order valence-corrected chi connectivity index (χ1v) is 9.79. The molecule has 0 spiro atoms. The molecule has 0 unspecified atom stereocenters. The molecule has 138 valence electrons. The van der Waals surface area contributed by atoms with Crippen LogP contribution in [0.25, 0.3) is 0 Å². The standard InChI is InChI=1S/C21H20BrN3O2/c22-16-4-3-5-18(14-16)27-20-7-2-1-6-19(20)21(26)24-11-8-17(9-12-24)25-13-10-23-15-25/h1-7,10,13-15,17H,8-9,11-12H2. The molecule has 0 bridgehead atoms. The van der Waals surface area contributed by atoms with Gasteiger partial charge in [0.2, 0.25) is 0 Å². The van der Waals surface area contributed by atoms with Gasteiger partial charge in [-0.15, -0.1) is 0 Å². The van der Waals surface area contributed by atoms with Crippen LogP contribution in [0, 0.1) is 0 Å². The van der Waals surface area contributed by atoms with E-state index < -0.39 is 0 Å². The lowest BCUT2D eigenvalue weighted by molar-refractivity contribution is 0.0692. The van der Waals surface area contributed by atoms with Crippen molar-refractivity contribution in [3.05, 3.63) is 77.3 Å². The number of benzene rings is 2. The van der Waals surface area contributed by atoms with Crippen LogP contribution in [0.4, 0.5) is 0 Å². The number of rotatable bonds is 4. The van der Waals surface area contributed by atoms with Crippen LogP contribution in [-0.2, 0) is 0 Å². The molecule has 0 saturated carbocycles. The smallest absolute Gasteiger partial charge is 0.257 e. The average molecular weight is 426 g/mol. The second kappa shape index (κ2) is 7.96. The zero-order valence-electron chi connectivity index (χ0n) is 14.8. The fourth-order valence-corrected chi connectivity index (χ4v) is 3.79. The van der Waals surface area contributed by atoms with Gasteiger partial charge >= 0.3 is 0 Å². The molecule has 0 aliphatic carbocycles. The van der Waals surface area contributed by atoms with Gasteiger partial charge in [-0.2, -0.15) is 0 Å². The molecule has 6 heteroatoms. The lowest BCUT2D eigenvalue weighted by Crippen LogP contribution is -2.39. The van der Waals surface area contributed by atoms with Crippen LogP contribution in [0.1, 0.15) is 29.2 Å². The van der Waals surface area contributed by atoms with Crippen LogP contribution < -0.4 is 4.74 Å². The van der Waals surface area contributed by atoms with Crippen molar-refractivity contribution in [3.8, 4) is 11.5 Å². The van der Waals surface area contributed by atoms with Crippen molar-refractivity contribution in [1.29, 1.82) is 0 Å². The van der Waals surface area contributed by atoms with Gasteiger partial charge in [0.15, 0.2) is 0 Å². The van der Waals surface area contributed by atoms with Gasteiger partial charge in [-0.3, -0.25) is 4.79 Å². The largest absolute Gasteiger partial charge is 0.456 e. The van der Waals surface area contributed by atoms with E-state index in [-0.39, 0.29) is 5.91 Å². The summed E-state index contributed by atoms with van der Waals surface area (Å²) in [5.74, 6) is 1.30. The predicted molar refractivity (Wildman–Crippen MR) is 107 cm³/mol. The predicted octanol–water partition coefficient (Wildman–Crippen LogP) is 4.92. The van der Waals surface area contributed by atoms with Gasteiger partial charge in [0.1, 0.15) is 11.5 Å². The van der Waals surface area contributed by atoms with E-state index in [0.717, 1.165) is 30.4 Å². The molecule has 1 amide bonds. The van der Waals surface area contributed by atoms with Gasteiger partial charge in [0.05, 0.1) is 11.9 Å². The molecule has 3 aromatic rings. The number of para-hydroxylation sites is 1. The lowest BCUT2D eigenvalue weighted by atomic mass is 10.0. The number of amides is 1. The maximum Gasteiger partial charge on any atom is 0.257 e.